The summed E-state index contributed by atoms with van der Waals surface area (Å²) < 4.78 is 9.42. The maximum atomic E-state index is 11.7. The molecule has 8 heteroatoms. The fourth-order valence-electron chi connectivity index (χ4n) is 2.75. The number of carbonyl (C=O) groups excluding carboxylic acids is 3. The molecule has 1 amide bonds. The Kier molecular flexibility index (Phi) is 6.99. The van der Waals surface area contributed by atoms with E-state index in [4.69, 9.17) is 9.84 Å². The fraction of sp³-hybridized carbons (Fsp3) is 0.733. The molecule has 0 bridgehead atoms. The first-order valence-electron chi connectivity index (χ1n) is 7.62. The van der Waals surface area contributed by atoms with Crippen molar-refractivity contribution in [2.45, 2.75) is 58.7 Å². The summed E-state index contributed by atoms with van der Waals surface area (Å²) in [6.45, 7) is 2.55. The van der Waals surface area contributed by atoms with Gasteiger partial charge in [-0.3, -0.25) is 9.59 Å². The second kappa shape index (κ2) is 8.50. The van der Waals surface area contributed by atoms with E-state index in [1.165, 1.54) is 6.92 Å². The molecule has 2 N–H and O–H groups in total. The number of carboxylic acids is 1. The molecule has 0 spiro atoms. The zero-order valence-electron chi connectivity index (χ0n) is 13.4. The largest absolute Gasteiger partial charge is 0.481 e. The maximum absolute atomic E-state index is 11.7. The summed E-state index contributed by atoms with van der Waals surface area (Å²) in [6, 6.07) is 0. The highest BCUT2D eigenvalue weighted by atomic mass is 16.7. The molecule has 23 heavy (non-hydrogen) atoms. The SMILES string of the molecule is CC(=O)C(=O)OC(C)OC(=O)NCC1(CC(=O)O)CCCCC1. The highest BCUT2D eigenvalue weighted by molar-refractivity contribution is 6.32. The van der Waals surface area contributed by atoms with E-state index < -0.39 is 35.5 Å². The predicted octanol–water partition coefficient (Wildman–Crippen LogP) is 1.62. The second-order valence-electron chi connectivity index (χ2n) is 5.92. The molecule has 0 aromatic carbocycles. The van der Waals surface area contributed by atoms with Gasteiger partial charge in [-0.25, -0.2) is 9.59 Å². The lowest BCUT2D eigenvalue weighted by molar-refractivity contribution is -0.169. The van der Waals surface area contributed by atoms with Gasteiger partial charge in [0, 0.05) is 20.4 Å². The minimum Gasteiger partial charge on any atom is -0.481 e. The first-order valence-corrected chi connectivity index (χ1v) is 7.62. The van der Waals surface area contributed by atoms with Crippen LogP contribution in [0, 0.1) is 5.41 Å². The first kappa shape index (κ1) is 18.9. The van der Waals surface area contributed by atoms with Crippen molar-refractivity contribution >= 4 is 23.8 Å². The van der Waals surface area contributed by atoms with Crippen LogP contribution in [0.2, 0.25) is 0 Å². The lowest BCUT2D eigenvalue weighted by Crippen LogP contribution is -2.41. The monoisotopic (exact) mass is 329 g/mol. The van der Waals surface area contributed by atoms with Gasteiger partial charge in [-0.05, 0) is 18.3 Å². The smallest absolute Gasteiger partial charge is 0.410 e. The fourth-order valence-corrected chi connectivity index (χ4v) is 2.75. The van der Waals surface area contributed by atoms with Gasteiger partial charge in [0.25, 0.3) is 0 Å². The summed E-state index contributed by atoms with van der Waals surface area (Å²) in [5.74, 6) is -2.77. The van der Waals surface area contributed by atoms with Gasteiger partial charge in [0.15, 0.2) is 0 Å². The number of hydrogen-bond donors (Lipinski definition) is 2. The summed E-state index contributed by atoms with van der Waals surface area (Å²) in [4.78, 5) is 44.6. The average molecular weight is 329 g/mol. The number of carbonyl (C=O) groups is 4. The number of nitrogens with one attached hydrogen (secondary N) is 1. The molecule has 1 unspecified atom stereocenters. The van der Waals surface area contributed by atoms with Gasteiger partial charge >= 0.3 is 18.0 Å². The van der Waals surface area contributed by atoms with Gasteiger partial charge in [-0.2, -0.15) is 0 Å². The summed E-state index contributed by atoms with van der Waals surface area (Å²) in [5, 5.41) is 11.6. The van der Waals surface area contributed by atoms with Crippen molar-refractivity contribution in [2.24, 2.45) is 5.41 Å². The molecule has 1 saturated carbocycles. The standard InChI is InChI=1S/C15H23NO7/c1-10(17)13(20)22-11(2)23-14(21)16-9-15(8-12(18)19)6-4-3-5-7-15/h11H,3-9H2,1-2H3,(H,16,21)(H,18,19). The molecule has 0 aromatic heterocycles. The van der Waals surface area contributed by atoms with Crippen LogP contribution in [-0.4, -0.2) is 41.8 Å². The molecule has 0 aromatic rings. The quantitative estimate of drug-likeness (QED) is 0.414. The van der Waals surface area contributed by atoms with Crippen molar-refractivity contribution in [2.75, 3.05) is 6.54 Å². The van der Waals surface area contributed by atoms with E-state index in [9.17, 15) is 19.2 Å². The summed E-state index contributed by atoms with van der Waals surface area (Å²) in [7, 11) is 0. The molecule has 0 radical (unpaired) electrons. The van der Waals surface area contributed by atoms with E-state index in [1.807, 2.05) is 0 Å². The number of alkyl carbamates (subject to hydrolysis) is 1. The molecule has 0 saturated heterocycles. The number of ether oxygens (including phenoxy) is 2. The van der Waals surface area contributed by atoms with E-state index in [0.29, 0.717) is 0 Å². The Bertz CT molecular complexity index is 468. The Balaban J connectivity index is 2.47. The number of Topliss-reactive ketones (excluding diaryl/α,β-unsaturated/α-hetero) is 1. The Morgan fingerprint density at radius 2 is 1.74 bits per heavy atom. The van der Waals surface area contributed by atoms with Gasteiger partial charge in [0.2, 0.25) is 12.1 Å². The summed E-state index contributed by atoms with van der Waals surface area (Å²) in [6.07, 6.45) is 2.35. The lowest BCUT2D eigenvalue weighted by atomic mass is 9.72. The Hall–Kier alpha value is -2.12. The van der Waals surface area contributed by atoms with E-state index in [-0.39, 0.29) is 13.0 Å². The molecule has 8 nitrogen and oxygen atoms in total. The van der Waals surface area contributed by atoms with Gasteiger partial charge in [-0.15, -0.1) is 0 Å². The maximum Gasteiger partial charge on any atom is 0.410 e. The molecule has 1 atom stereocenters. The third-order valence-corrected chi connectivity index (χ3v) is 3.88. The molecule has 0 aliphatic heterocycles. The van der Waals surface area contributed by atoms with Gasteiger partial charge < -0.3 is 19.9 Å². The van der Waals surface area contributed by atoms with E-state index in [2.05, 4.69) is 10.1 Å². The van der Waals surface area contributed by atoms with Crippen LogP contribution in [0.3, 0.4) is 0 Å². The minimum atomic E-state index is -1.20. The molecular formula is C15H23NO7. The van der Waals surface area contributed by atoms with Gasteiger partial charge in [0.05, 0.1) is 6.42 Å². The van der Waals surface area contributed by atoms with Crippen molar-refractivity contribution in [1.29, 1.82) is 0 Å². The van der Waals surface area contributed by atoms with Crippen molar-refractivity contribution in [3.8, 4) is 0 Å². The van der Waals surface area contributed by atoms with Crippen LogP contribution in [0.5, 0.6) is 0 Å². The molecule has 1 aliphatic carbocycles. The predicted molar refractivity (Wildman–Crippen MR) is 78.5 cm³/mol. The molecule has 0 heterocycles. The van der Waals surface area contributed by atoms with Crippen LogP contribution < -0.4 is 5.32 Å². The normalized spacial score (nSPS) is 17.7. The third kappa shape index (κ3) is 6.66. The summed E-state index contributed by atoms with van der Waals surface area (Å²) >= 11 is 0. The number of ketones is 1. The van der Waals surface area contributed by atoms with Gasteiger partial charge in [0.1, 0.15) is 0 Å². The Morgan fingerprint density at radius 1 is 1.13 bits per heavy atom. The zero-order chi connectivity index (χ0) is 17.5. The molecule has 1 fully saturated rings. The lowest BCUT2D eigenvalue weighted by Gasteiger charge is -2.36. The van der Waals surface area contributed by atoms with Gasteiger partial charge in [-0.1, -0.05) is 19.3 Å². The zero-order valence-corrected chi connectivity index (χ0v) is 13.4. The number of esters is 1. The van der Waals surface area contributed by atoms with Crippen molar-refractivity contribution in [3.63, 3.8) is 0 Å². The molecule has 130 valence electrons. The van der Waals surface area contributed by atoms with Crippen LogP contribution >= 0.6 is 0 Å². The topological polar surface area (TPSA) is 119 Å². The molecular weight excluding hydrogens is 306 g/mol. The van der Waals surface area contributed by atoms with E-state index >= 15 is 0 Å². The number of hydrogen-bond acceptors (Lipinski definition) is 6. The van der Waals surface area contributed by atoms with Crippen LogP contribution in [0.4, 0.5) is 4.79 Å². The van der Waals surface area contributed by atoms with E-state index in [0.717, 1.165) is 39.0 Å². The number of aliphatic carboxylic acids is 1. The minimum absolute atomic E-state index is 0.0117. The third-order valence-electron chi connectivity index (χ3n) is 3.88. The van der Waals surface area contributed by atoms with Crippen LogP contribution in [-0.2, 0) is 23.9 Å². The van der Waals surface area contributed by atoms with Crippen LogP contribution in [0.25, 0.3) is 0 Å². The van der Waals surface area contributed by atoms with Crippen molar-refractivity contribution < 1.29 is 33.8 Å². The highest BCUT2D eigenvalue weighted by Crippen LogP contribution is 2.38. The van der Waals surface area contributed by atoms with Crippen LogP contribution in [0.15, 0.2) is 0 Å². The number of carboxylic acid groups (broad SMARTS) is 1. The number of amides is 1. The highest BCUT2D eigenvalue weighted by Gasteiger charge is 2.35. The summed E-state index contributed by atoms with van der Waals surface area (Å²) in [5.41, 5.74) is -0.470. The number of rotatable bonds is 7. The van der Waals surface area contributed by atoms with Crippen LogP contribution in [0.1, 0.15) is 52.4 Å². The van der Waals surface area contributed by atoms with E-state index in [1.54, 1.807) is 0 Å². The molecule has 1 rings (SSSR count). The second-order valence-corrected chi connectivity index (χ2v) is 5.92. The average Bonchev–Trinajstić information content (AvgIpc) is 2.45. The first-order chi connectivity index (χ1) is 10.7. The van der Waals surface area contributed by atoms with Crippen molar-refractivity contribution in [3.05, 3.63) is 0 Å². The Labute approximate surface area is 134 Å². The van der Waals surface area contributed by atoms with Crippen molar-refractivity contribution in [1.82, 2.24) is 5.32 Å². The molecule has 1 aliphatic rings. The Morgan fingerprint density at radius 3 is 2.26 bits per heavy atom.